The first-order valence-corrected chi connectivity index (χ1v) is 14.0. The van der Waals surface area contributed by atoms with Crippen LogP contribution in [0.15, 0.2) is 60.7 Å². The smallest absolute Gasteiger partial charge is 0.235 e. The lowest BCUT2D eigenvalue weighted by molar-refractivity contribution is -0.118. The number of rotatable bonds is 13. The first-order chi connectivity index (χ1) is 18.6. The molecule has 0 bridgehead atoms. The van der Waals surface area contributed by atoms with E-state index >= 15 is 0 Å². The van der Waals surface area contributed by atoms with Gasteiger partial charge < -0.3 is 11.5 Å². The first kappa shape index (κ1) is 30.0. The number of unbranched alkanes of at least 4 members (excludes halogenated alkanes) is 1. The summed E-state index contributed by atoms with van der Waals surface area (Å²) in [6.07, 6.45) is 3.24. The van der Waals surface area contributed by atoms with Gasteiger partial charge in [0.25, 0.3) is 0 Å². The predicted molar refractivity (Wildman–Crippen MR) is 157 cm³/mol. The number of aryl methyl sites for hydroxylation is 2. The molecule has 39 heavy (non-hydrogen) atoms. The molecule has 4 aromatic rings. The monoisotopic (exact) mass is 566 g/mol. The summed E-state index contributed by atoms with van der Waals surface area (Å²) in [5.74, 6) is -1.27. The summed E-state index contributed by atoms with van der Waals surface area (Å²) in [5, 5.41) is 24.9. The molecule has 0 spiro atoms. The summed E-state index contributed by atoms with van der Waals surface area (Å²) >= 11 is 2.73. The third-order valence-electron chi connectivity index (χ3n) is 5.93. The van der Waals surface area contributed by atoms with E-state index in [1.165, 1.54) is 22.7 Å². The van der Waals surface area contributed by atoms with E-state index in [9.17, 15) is 9.59 Å². The summed E-state index contributed by atoms with van der Waals surface area (Å²) in [4.78, 5) is 25.3. The first-order valence-electron chi connectivity index (χ1n) is 12.3. The van der Waals surface area contributed by atoms with Gasteiger partial charge in [0.05, 0.1) is 11.8 Å². The predicted octanol–water partition coefficient (Wildman–Crippen LogP) is 3.95. The van der Waals surface area contributed by atoms with Crippen molar-refractivity contribution in [3.05, 3.63) is 81.8 Å². The SMILES string of the molecule is C.NCC(C(=O)Nc1nnc(CCCCc2nnc(NC(=O)C(CN)c3ccccc3)s2)s1)c1ccccc1. The fraction of sp³-hybridized carbons (Fsp3) is 0.333. The Bertz CT molecular complexity index is 1210. The minimum atomic E-state index is -0.440. The van der Waals surface area contributed by atoms with Crippen LogP contribution < -0.4 is 22.1 Å². The molecule has 12 heteroatoms. The van der Waals surface area contributed by atoms with Gasteiger partial charge in [0, 0.05) is 25.9 Å². The van der Waals surface area contributed by atoms with Gasteiger partial charge in [-0.3, -0.25) is 20.2 Å². The quantitative estimate of drug-likeness (QED) is 0.177. The third kappa shape index (κ3) is 8.45. The average molecular weight is 567 g/mol. The number of nitrogens with zero attached hydrogens (tertiary/aromatic N) is 4. The van der Waals surface area contributed by atoms with Crippen LogP contribution in [0, 0.1) is 0 Å². The third-order valence-corrected chi connectivity index (χ3v) is 7.73. The molecule has 0 radical (unpaired) electrons. The highest BCUT2D eigenvalue weighted by Gasteiger charge is 2.21. The van der Waals surface area contributed by atoms with Crippen molar-refractivity contribution in [1.29, 1.82) is 0 Å². The molecule has 10 nitrogen and oxygen atoms in total. The van der Waals surface area contributed by atoms with Crippen LogP contribution in [0.3, 0.4) is 0 Å². The zero-order valence-corrected chi connectivity index (χ0v) is 22.4. The van der Waals surface area contributed by atoms with Gasteiger partial charge >= 0.3 is 0 Å². The van der Waals surface area contributed by atoms with Crippen molar-refractivity contribution in [3.8, 4) is 0 Å². The maximum absolute atomic E-state index is 12.7. The van der Waals surface area contributed by atoms with Crippen LogP contribution in [0.5, 0.6) is 0 Å². The Balaban J connectivity index is 0.00000420. The Morgan fingerprint density at radius 3 is 1.41 bits per heavy atom. The zero-order chi connectivity index (χ0) is 26.7. The van der Waals surface area contributed by atoms with Crippen molar-refractivity contribution >= 4 is 44.8 Å². The van der Waals surface area contributed by atoms with Crippen molar-refractivity contribution in [2.75, 3.05) is 23.7 Å². The molecule has 4 rings (SSSR count). The number of nitrogens with two attached hydrogens (primary N) is 2. The molecule has 2 aromatic carbocycles. The summed E-state index contributed by atoms with van der Waals surface area (Å²) in [7, 11) is 0. The maximum Gasteiger partial charge on any atom is 0.235 e. The Morgan fingerprint density at radius 1 is 0.667 bits per heavy atom. The largest absolute Gasteiger partial charge is 0.329 e. The Hall–Kier alpha value is -3.58. The van der Waals surface area contributed by atoms with Crippen molar-refractivity contribution in [1.82, 2.24) is 20.4 Å². The van der Waals surface area contributed by atoms with Gasteiger partial charge in [-0.1, -0.05) is 90.8 Å². The van der Waals surface area contributed by atoms with E-state index in [1.807, 2.05) is 60.7 Å². The van der Waals surface area contributed by atoms with Gasteiger partial charge in [0.15, 0.2) is 0 Å². The molecule has 2 aromatic heterocycles. The minimum Gasteiger partial charge on any atom is -0.329 e. The minimum absolute atomic E-state index is 0. The molecule has 0 saturated carbocycles. The number of anilines is 2. The van der Waals surface area contributed by atoms with Crippen LogP contribution in [0.4, 0.5) is 10.3 Å². The number of benzene rings is 2. The highest BCUT2D eigenvalue weighted by Crippen LogP contribution is 2.23. The Kier molecular flexibility index (Phi) is 11.6. The summed E-state index contributed by atoms with van der Waals surface area (Å²) in [6, 6.07) is 18.9. The van der Waals surface area contributed by atoms with Crippen molar-refractivity contribution in [2.45, 2.75) is 44.9 Å². The standard InChI is InChI=1S/C26H30N8O2S2.CH4/c27-15-19(17-9-3-1-4-10-17)23(35)29-25-33-31-21(37-25)13-7-8-14-22-32-34-26(38-22)30-24(36)20(16-28)18-11-5-2-6-12-18;/h1-6,9-12,19-20H,7-8,13-16,27-28H2,(H,29,33,35)(H,30,34,36);1H4. The van der Waals surface area contributed by atoms with Gasteiger partial charge in [-0.25, -0.2) is 0 Å². The number of nitrogens with one attached hydrogen (secondary N) is 2. The van der Waals surface area contributed by atoms with E-state index in [4.69, 9.17) is 11.5 Å². The zero-order valence-electron chi connectivity index (χ0n) is 20.7. The summed E-state index contributed by atoms with van der Waals surface area (Å²) < 4.78 is 0. The molecule has 2 amide bonds. The lowest BCUT2D eigenvalue weighted by Crippen LogP contribution is -2.27. The van der Waals surface area contributed by atoms with E-state index in [-0.39, 0.29) is 32.3 Å². The molecule has 0 saturated heterocycles. The second-order valence-corrected chi connectivity index (χ2v) is 10.7. The molecule has 0 fully saturated rings. The van der Waals surface area contributed by atoms with Gasteiger partial charge in [0.1, 0.15) is 10.0 Å². The van der Waals surface area contributed by atoms with Crippen LogP contribution in [-0.4, -0.2) is 45.3 Å². The number of carbonyl (C=O) groups is 2. The number of hydrogen-bond donors (Lipinski definition) is 4. The average Bonchev–Trinajstić information content (AvgIpc) is 3.58. The molecule has 0 aliphatic carbocycles. The molecule has 2 atom stereocenters. The topological polar surface area (TPSA) is 162 Å². The highest BCUT2D eigenvalue weighted by atomic mass is 32.1. The normalized spacial score (nSPS) is 12.3. The molecular weight excluding hydrogens is 532 g/mol. The van der Waals surface area contributed by atoms with Crippen molar-refractivity contribution in [2.24, 2.45) is 11.5 Å². The van der Waals surface area contributed by atoms with E-state index in [0.29, 0.717) is 10.3 Å². The van der Waals surface area contributed by atoms with E-state index in [2.05, 4.69) is 31.0 Å². The molecule has 0 aliphatic heterocycles. The van der Waals surface area contributed by atoms with E-state index < -0.39 is 11.8 Å². The number of hydrogen-bond acceptors (Lipinski definition) is 10. The molecule has 6 N–H and O–H groups in total. The fourth-order valence-electron chi connectivity index (χ4n) is 3.91. The molecule has 2 unspecified atom stereocenters. The van der Waals surface area contributed by atoms with E-state index in [0.717, 1.165) is 46.8 Å². The van der Waals surface area contributed by atoms with Crippen molar-refractivity contribution in [3.63, 3.8) is 0 Å². The molecule has 2 heterocycles. The van der Waals surface area contributed by atoms with Crippen LogP contribution in [0.1, 0.15) is 53.2 Å². The van der Waals surface area contributed by atoms with Gasteiger partial charge in [-0.15, -0.1) is 20.4 Å². The van der Waals surface area contributed by atoms with Crippen LogP contribution in [-0.2, 0) is 22.4 Å². The van der Waals surface area contributed by atoms with Gasteiger partial charge in [-0.05, 0) is 24.0 Å². The van der Waals surface area contributed by atoms with Gasteiger partial charge in [0.2, 0.25) is 22.1 Å². The second-order valence-electron chi connectivity index (χ2n) is 8.59. The van der Waals surface area contributed by atoms with Gasteiger partial charge in [-0.2, -0.15) is 0 Å². The fourth-order valence-corrected chi connectivity index (χ4v) is 5.48. The highest BCUT2D eigenvalue weighted by molar-refractivity contribution is 7.15. The Morgan fingerprint density at radius 2 is 1.05 bits per heavy atom. The number of aromatic nitrogens is 4. The van der Waals surface area contributed by atoms with Crippen molar-refractivity contribution < 1.29 is 9.59 Å². The summed E-state index contributed by atoms with van der Waals surface area (Å²) in [6.45, 7) is 0.415. The lowest BCUT2D eigenvalue weighted by Gasteiger charge is -2.13. The number of carbonyl (C=O) groups excluding carboxylic acids is 2. The van der Waals surface area contributed by atoms with Crippen LogP contribution in [0.2, 0.25) is 0 Å². The molecular formula is C27H34N8O2S2. The summed E-state index contributed by atoms with van der Waals surface area (Å²) in [5.41, 5.74) is 13.4. The maximum atomic E-state index is 12.7. The number of amides is 2. The molecule has 206 valence electrons. The van der Waals surface area contributed by atoms with E-state index in [1.54, 1.807) is 0 Å². The Labute approximate surface area is 236 Å². The van der Waals surface area contributed by atoms with Crippen LogP contribution >= 0.6 is 22.7 Å². The molecule has 0 aliphatic rings. The second kappa shape index (κ2) is 15.1. The lowest BCUT2D eigenvalue weighted by atomic mass is 9.99. The van der Waals surface area contributed by atoms with Crippen LogP contribution in [0.25, 0.3) is 0 Å².